The molecule has 1 aromatic carbocycles. The lowest BCUT2D eigenvalue weighted by molar-refractivity contribution is -0.136. The van der Waals surface area contributed by atoms with Gasteiger partial charge >= 0.3 is 0 Å². The summed E-state index contributed by atoms with van der Waals surface area (Å²) < 4.78 is 1.85. The molecule has 0 spiro atoms. The number of amides is 1. The summed E-state index contributed by atoms with van der Waals surface area (Å²) in [5.41, 5.74) is 2.07. The lowest BCUT2D eigenvalue weighted by Gasteiger charge is -2.33. The van der Waals surface area contributed by atoms with Crippen LogP contribution in [0.3, 0.4) is 0 Å². The van der Waals surface area contributed by atoms with Crippen LogP contribution < -0.4 is 0 Å². The minimum atomic E-state index is 0.0259. The number of hydrogen-bond donors (Lipinski definition) is 0. The van der Waals surface area contributed by atoms with E-state index in [0.717, 1.165) is 30.6 Å². The molecule has 2 heterocycles. The van der Waals surface area contributed by atoms with E-state index in [1.165, 1.54) is 6.42 Å². The van der Waals surface area contributed by atoms with Gasteiger partial charge in [0.15, 0.2) is 0 Å². The van der Waals surface area contributed by atoms with Crippen LogP contribution in [-0.4, -0.2) is 52.2 Å². The number of benzene rings is 1. The summed E-state index contributed by atoms with van der Waals surface area (Å²) in [5, 5.41) is 4.39. The van der Waals surface area contributed by atoms with Crippen LogP contribution in [0.15, 0.2) is 42.7 Å². The Balaban J connectivity index is 1.65. The molecular formula is C18H24N4O. The topological polar surface area (TPSA) is 41.4 Å². The Kier molecular flexibility index (Phi) is 4.76. The van der Waals surface area contributed by atoms with E-state index in [4.69, 9.17) is 0 Å². The highest BCUT2D eigenvalue weighted by Gasteiger charge is 2.28. The van der Waals surface area contributed by atoms with Crippen LogP contribution in [0.4, 0.5) is 0 Å². The zero-order valence-electron chi connectivity index (χ0n) is 13.9. The number of para-hydroxylation sites is 1. The molecule has 1 fully saturated rings. The Bertz CT molecular complexity index is 652. The summed E-state index contributed by atoms with van der Waals surface area (Å²) in [6.45, 7) is 1.60. The van der Waals surface area contributed by atoms with E-state index in [1.54, 1.807) is 0 Å². The third kappa shape index (κ3) is 3.62. The monoisotopic (exact) mass is 312 g/mol. The first kappa shape index (κ1) is 15.7. The average Bonchev–Trinajstić information content (AvgIpc) is 3.04. The van der Waals surface area contributed by atoms with Crippen molar-refractivity contribution in [3.63, 3.8) is 0 Å². The summed E-state index contributed by atoms with van der Waals surface area (Å²) in [5.74, 6) is 0.208. The van der Waals surface area contributed by atoms with Crippen molar-refractivity contribution in [2.75, 3.05) is 20.6 Å². The molecule has 0 aliphatic carbocycles. The fraction of sp³-hybridized carbons (Fsp3) is 0.444. The van der Waals surface area contributed by atoms with Crippen molar-refractivity contribution >= 4 is 5.91 Å². The standard InChI is InChI=1S/C18H24N4O/c1-20-11-7-6-10-17(20)18(23)21(2)13-15-12-19-22(14-15)16-8-4-3-5-9-16/h3-5,8-9,12,14,17H,6-7,10-11,13H2,1-2H3/t17-/m0/s1. The number of aromatic nitrogens is 2. The second-order valence-electron chi connectivity index (χ2n) is 6.32. The van der Waals surface area contributed by atoms with Crippen molar-refractivity contribution < 1.29 is 4.79 Å². The molecule has 2 aromatic rings. The first-order valence-electron chi connectivity index (χ1n) is 8.19. The quantitative estimate of drug-likeness (QED) is 0.870. The summed E-state index contributed by atoms with van der Waals surface area (Å²) in [6.07, 6.45) is 7.11. The first-order chi connectivity index (χ1) is 11.1. The van der Waals surface area contributed by atoms with E-state index in [0.29, 0.717) is 6.54 Å². The predicted octanol–water partition coefficient (Wildman–Crippen LogP) is 2.32. The van der Waals surface area contributed by atoms with Gasteiger partial charge in [-0.25, -0.2) is 4.68 Å². The zero-order valence-corrected chi connectivity index (χ0v) is 13.9. The van der Waals surface area contributed by atoms with E-state index in [9.17, 15) is 4.79 Å². The van der Waals surface area contributed by atoms with Crippen molar-refractivity contribution in [1.29, 1.82) is 0 Å². The minimum absolute atomic E-state index is 0.0259. The van der Waals surface area contributed by atoms with Crippen LogP contribution in [0.25, 0.3) is 5.69 Å². The lowest BCUT2D eigenvalue weighted by Crippen LogP contribution is -2.47. The fourth-order valence-corrected chi connectivity index (χ4v) is 3.16. The van der Waals surface area contributed by atoms with E-state index in [2.05, 4.69) is 10.00 Å². The Labute approximate surface area is 137 Å². The molecule has 0 N–H and O–H groups in total. The Morgan fingerprint density at radius 3 is 2.83 bits per heavy atom. The van der Waals surface area contributed by atoms with Crippen molar-refractivity contribution in [2.24, 2.45) is 0 Å². The van der Waals surface area contributed by atoms with E-state index < -0.39 is 0 Å². The SMILES string of the molecule is CN(Cc1cnn(-c2ccccc2)c1)C(=O)[C@@H]1CCCCN1C. The molecule has 1 aliphatic rings. The van der Waals surface area contributed by atoms with Gasteiger partial charge in [0.1, 0.15) is 0 Å². The lowest BCUT2D eigenvalue weighted by atomic mass is 10.0. The highest BCUT2D eigenvalue weighted by molar-refractivity contribution is 5.81. The van der Waals surface area contributed by atoms with Crippen LogP contribution in [0.2, 0.25) is 0 Å². The molecule has 5 heteroatoms. The number of likely N-dealkylation sites (N-methyl/N-ethyl adjacent to an activating group) is 2. The van der Waals surface area contributed by atoms with Crippen molar-refractivity contribution in [3.8, 4) is 5.69 Å². The normalized spacial score (nSPS) is 18.8. The van der Waals surface area contributed by atoms with Crippen LogP contribution in [0.5, 0.6) is 0 Å². The van der Waals surface area contributed by atoms with Gasteiger partial charge in [-0.3, -0.25) is 9.69 Å². The van der Waals surface area contributed by atoms with Crippen LogP contribution >= 0.6 is 0 Å². The second-order valence-corrected chi connectivity index (χ2v) is 6.32. The Hall–Kier alpha value is -2.14. The highest BCUT2D eigenvalue weighted by atomic mass is 16.2. The summed E-state index contributed by atoms with van der Waals surface area (Å²) in [6, 6.07) is 10.0. The molecule has 23 heavy (non-hydrogen) atoms. The summed E-state index contributed by atoms with van der Waals surface area (Å²) in [4.78, 5) is 16.6. The fourth-order valence-electron chi connectivity index (χ4n) is 3.16. The minimum Gasteiger partial charge on any atom is -0.340 e. The van der Waals surface area contributed by atoms with Crippen molar-refractivity contribution in [2.45, 2.75) is 31.8 Å². The predicted molar refractivity (Wildman–Crippen MR) is 90.3 cm³/mol. The molecule has 1 aliphatic heterocycles. The highest BCUT2D eigenvalue weighted by Crippen LogP contribution is 2.18. The van der Waals surface area contributed by atoms with Crippen LogP contribution in [0.1, 0.15) is 24.8 Å². The van der Waals surface area contributed by atoms with E-state index in [1.807, 2.05) is 66.4 Å². The van der Waals surface area contributed by atoms with E-state index >= 15 is 0 Å². The van der Waals surface area contributed by atoms with E-state index in [-0.39, 0.29) is 11.9 Å². The molecule has 1 atom stereocenters. The summed E-state index contributed by atoms with van der Waals surface area (Å²) in [7, 11) is 3.92. The number of piperidine rings is 1. The molecular weight excluding hydrogens is 288 g/mol. The molecule has 0 bridgehead atoms. The number of rotatable bonds is 4. The molecule has 1 aromatic heterocycles. The summed E-state index contributed by atoms with van der Waals surface area (Å²) >= 11 is 0. The maximum absolute atomic E-state index is 12.6. The Morgan fingerprint density at radius 2 is 2.09 bits per heavy atom. The van der Waals surface area contributed by atoms with Crippen molar-refractivity contribution in [3.05, 3.63) is 48.3 Å². The van der Waals surface area contributed by atoms with Crippen molar-refractivity contribution in [1.82, 2.24) is 19.6 Å². The Morgan fingerprint density at radius 1 is 1.30 bits per heavy atom. The van der Waals surface area contributed by atoms with Gasteiger partial charge in [0, 0.05) is 25.4 Å². The van der Waals surface area contributed by atoms with Gasteiger partial charge < -0.3 is 4.90 Å². The molecule has 0 saturated carbocycles. The van der Waals surface area contributed by atoms with Gasteiger partial charge in [-0.1, -0.05) is 24.6 Å². The molecule has 1 amide bonds. The van der Waals surface area contributed by atoms with Gasteiger partial charge in [-0.15, -0.1) is 0 Å². The smallest absolute Gasteiger partial charge is 0.239 e. The van der Waals surface area contributed by atoms with Crippen LogP contribution in [-0.2, 0) is 11.3 Å². The third-order valence-electron chi connectivity index (χ3n) is 4.51. The average molecular weight is 312 g/mol. The number of hydrogen-bond acceptors (Lipinski definition) is 3. The first-order valence-corrected chi connectivity index (χ1v) is 8.19. The van der Waals surface area contributed by atoms with Gasteiger partial charge in [0.25, 0.3) is 0 Å². The maximum atomic E-state index is 12.6. The molecule has 3 rings (SSSR count). The third-order valence-corrected chi connectivity index (χ3v) is 4.51. The molecule has 5 nitrogen and oxygen atoms in total. The number of carbonyl (C=O) groups excluding carboxylic acids is 1. The van der Waals surface area contributed by atoms with Gasteiger partial charge in [0.2, 0.25) is 5.91 Å². The van der Waals surface area contributed by atoms with Gasteiger partial charge in [0.05, 0.1) is 17.9 Å². The molecule has 122 valence electrons. The van der Waals surface area contributed by atoms with Gasteiger partial charge in [-0.05, 0) is 38.6 Å². The second kappa shape index (κ2) is 6.96. The van der Waals surface area contributed by atoms with Crippen LogP contribution in [0, 0.1) is 0 Å². The molecule has 0 radical (unpaired) electrons. The molecule has 0 unspecified atom stereocenters. The van der Waals surface area contributed by atoms with Gasteiger partial charge in [-0.2, -0.15) is 5.10 Å². The molecule has 1 saturated heterocycles. The maximum Gasteiger partial charge on any atom is 0.239 e. The largest absolute Gasteiger partial charge is 0.340 e. The number of carbonyl (C=O) groups is 1. The number of nitrogens with zero attached hydrogens (tertiary/aromatic N) is 4. The number of likely N-dealkylation sites (tertiary alicyclic amines) is 1. The zero-order chi connectivity index (χ0) is 16.2.